The first kappa shape index (κ1) is 25.9. The zero-order valence-electron chi connectivity index (χ0n) is 25.3. The molecule has 0 unspecified atom stereocenters. The van der Waals surface area contributed by atoms with E-state index in [1.54, 1.807) is 6.33 Å². The lowest BCUT2D eigenvalue weighted by atomic mass is 9.80. The first-order valence-electron chi connectivity index (χ1n) is 15.6. The largest absolute Gasteiger partial charge is 0.245 e. The van der Waals surface area contributed by atoms with E-state index in [-0.39, 0.29) is 5.41 Å². The van der Waals surface area contributed by atoms with Crippen molar-refractivity contribution in [2.24, 2.45) is 0 Å². The van der Waals surface area contributed by atoms with E-state index in [4.69, 9.17) is 4.98 Å². The highest BCUT2D eigenvalue weighted by Crippen LogP contribution is 2.54. The van der Waals surface area contributed by atoms with Gasteiger partial charge in [-0.05, 0) is 89.0 Å². The third-order valence-corrected chi connectivity index (χ3v) is 9.84. The molecule has 0 saturated heterocycles. The summed E-state index contributed by atoms with van der Waals surface area (Å²) in [6, 6.07) is 49.0. The van der Waals surface area contributed by atoms with Gasteiger partial charge in [0.15, 0.2) is 0 Å². The number of aromatic nitrogens is 2. The van der Waals surface area contributed by atoms with E-state index in [0.29, 0.717) is 0 Å². The number of fused-ring (bicyclic) bond motifs is 6. The van der Waals surface area contributed by atoms with E-state index in [0.717, 1.165) is 11.3 Å². The summed E-state index contributed by atoms with van der Waals surface area (Å²) in [6.07, 6.45) is 3.49. The van der Waals surface area contributed by atoms with Crippen molar-refractivity contribution >= 4 is 32.3 Å². The summed E-state index contributed by atoms with van der Waals surface area (Å²) in [7, 11) is 0. The molecule has 212 valence electrons. The van der Waals surface area contributed by atoms with Gasteiger partial charge in [-0.2, -0.15) is 0 Å². The average Bonchev–Trinajstić information content (AvgIpc) is 3.33. The Hall–Kier alpha value is -5.60. The van der Waals surface area contributed by atoms with Crippen LogP contribution in [0.4, 0.5) is 0 Å². The molecule has 0 radical (unpaired) electrons. The van der Waals surface area contributed by atoms with Gasteiger partial charge in [-0.3, -0.25) is 0 Å². The molecule has 2 heteroatoms. The number of rotatable bonds is 3. The van der Waals surface area contributed by atoms with Gasteiger partial charge < -0.3 is 0 Å². The Labute approximate surface area is 262 Å². The zero-order valence-corrected chi connectivity index (χ0v) is 25.3. The van der Waals surface area contributed by atoms with Crippen LogP contribution in [-0.4, -0.2) is 9.97 Å². The van der Waals surface area contributed by atoms with E-state index in [1.165, 1.54) is 76.8 Å². The maximum atomic E-state index is 4.77. The second-order valence-corrected chi connectivity index (χ2v) is 12.6. The second kappa shape index (κ2) is 9.70. The van der Waals surface area contributed by atoms with Gasteiger partial charge in [-0.1, -0.05) is 135 Å². The molecule has 0 saturated carbocycles. The van der Waals surface area contributed by atoms with Crippen molar-refractivity contribution in [3.8, 4) is 44.6 Å². The minimum absolute atomic E-state index is 0.0808. The molecule has 0 N–H and O–H groups in total. The van der Waals surface area contributed by atoms with Crippen LogP contribution in [0.15, 0.2) is 146 Å². The summed E-state index contributed by atoms with van der Waals surface area (Å²) in [6.45, 7) is 4.71. The maximum Gasteiger partial charge on any atom is 0.116 e. The molecule has 0 aliphatic heterocycles. The topological polar surface area (TPSA) is 25.8 Å². The van der Waals surface area contributed by atoms with Crippen LogP contribution in [-0.2, 0) is 5.41 Å². The molecule has 7 aromatic carbocycles. The Morgan fingerprint density at radius 1 is 0.467 bits per heavy atom. The van der Waals surface area contributed by atoms with Crippen LogP contribution in [0, 0.1) is 0 Å². The molecule has 2 nitrogen and oxygen atoms in total. The van der Waals surface area contributed by atoms with Crippen LogP contribution in [0.5, 0.6) is 0 Å². The molecular formula is C43H30N2. The maximum absolute atomic E-state index is 4.77. The fourth-order valence-corrected chi connectivity index (χ4v) is 7.79. The van der Waals surface area contributed by atoms with Gasteiger partial charge in [0, 0.05) is 17.2 Å². The summed E-state index contributed by atoms with van der Waals surface area (Å²) >= 11 is 0. The summed E-state index contributed by atoms with van der Waals surface area (Å²) in [5, 5.41) is 7.34. The summed E-state index contributed by atoms with van der Waals surface area (Å²) < 4.78 is 0. The molecule has 0 spiro atoms. The van der Waals surface area contributed by atoms with Crippen molar-refractivity contribution in [1.29, 1.82) is 0 Å². The molecule has 8 aromatic rings. The molecular weight excluding hydrogens is 544 g/mol. The number of hydrogen-bond acceptors (Lipinski definition) is 2. The van der Waals surface area contributed by atoms with Crippen molar-refractivity contribution in [3.63, 3.8) is 0 Å². The lowest BCUT2D eigenvalue weighted by molar-refractivity contribution is 0.660. The van der Waals surface area contributed by atoms with Gasteiger partial charge in [-0.15, -0.1) is 0 Å². The van der Waals surface area contributed by atoms with Crippen LogP contribution >= 0.6 is 0 Å². The highest BCUT2D eigenvalue weighted by Gasteiger charge is 2.37. The molecule has 1 aliphatic rings. The highest BCUT2D eigenvalue weighted by molar-refractivity contribution is 6.23. The molecule has 1 aromatic heterocycles. The predicted octanol–water partition coefficient (Wildman–Crippen LogP) is 11.2. The van der Waals surface area contributed by atoms with Crippen molar-refractivity contribution in [2.75, 3.05) is 0 Å². The summed E-state index contributed by atoms with van der Waals surface area (Å²) in [4.78, 5) is 9.01. The minimum Gasteiger partial charge on any atom is -0.245 e. The predicted molar refractivity (Wildman–Crippen MR) is 188 cm³/mol. The lowest BCUT2D eigenvalue weighted by Crippen LogP contribution is -2.14. The first-order chi connectivity index (χ1) is 22.1. The fraction of sp³-hybridized carbons (Fsp3) is 0.0698. The average molecular weight is 575 g/mol. The van der Waals surface area contributed by atoms with Gasteiger partial charge in [0.1, 0.15) is 6.33 Å². The fourth-order valence-electron chi connectivity index (χ4n) is 7.79. The number of benzene rings is 7. The molecule has 45 heavy (non-hydrogen) atoms. The van der Waals surface area contributed by atoms with Gasteiger partial charge in [0.05, 0.1) is 5.69 Å². The molecule has 0 fully saturated rings. The monoisotopic (exact) mass is 574 g/mol. The summed E-state index contributed by atoms with van der Waals surface area (Å²) in [5.74, 6) is 0. The van der Waals surface area contributed by atoms with Crippen LogP contribution in [0.3, 0.4) is 0 Å². The lowest BCUT2D eigenvalue weighted by Gasteiger charge is -2.23. The molecule has 0 bridgehead atoms. The Kier molecular flexibility index (Phi) is 5.58. The Morgan fingerprint density at radius 3 is 1.96 bits per heavy atom. The molecule has 1 aliphatic carbocycles. The van der Waals surface area contributed by atoms with Crippen LogP contribution in [0.1, 0.15) is 25.0 Å². The van der Waals surface area contributed by atoms with Gasteiger partial charge in [0.25, 0.3) is 0 Å². The van der Waals surface area contributed by atoms with Gasteiger partial charge in [0.2, 0.25) is 0 Å². The van der Waals surface area contributed by atoms with Gasteiger partial charge in [-0.25, -0.2) is 9.97 Å². The van der Waals surface area contributed by atoms with Crippen molar-refractivity contribution < 1.29 is 0 Å². The first-order valence-corrected chi connectivity index (χ1v) is 15.6. The van der Waals surface area contributed by atoms with Crippen LogP contribution < -0.4 is 0 Å². The molecule has 9 rings (SSSR count). The third kappa shape index (κ3) is 3.76. The standard InChI is InChI=1S/C43H30N2/c1-43(2)37-19-8-7-16-34(37)41-35(18-10-20-38(41)43)40-31-14-5-6-15-32(31)42(39-23-24-44-26-45-39)33-22-21-28(25-36(33)40)30-17-9-12-27-11-3-4-13-29(27)30/h3-26H,1-2H3. The van der Waals surface area contributed by atoms with Crippen LogP contribution in [0.2, 0.25) is 0 Å². The number of nitrogens with zero attached hydrogens (tertiary/aromatic N) is 2. The minimum atomic E-state index is -0.0808. The van der Waals surface area contributed by atoms with Crippen molar-refractivity contribution in [1.82, 2.24) is 9.97 Å². The zero-order chi connectivity index (χ0) is 30.1. The molecule has 0 atom stereocenters. The molecule has 1 heterocycles. The second-order valence-electron chi connectivity index (χ2n) is 12.6. The number of hydrogen-bond donors (Lipinski definition) is 0. The Morgan fingerprint density at radius 2 is 1.11 bits per heavy atom. The van der Waals surface area contributed by atoms with Crippen molar-refractivity contribution in [3.05, 3.63) is 157 Å². The quantitative estimate of drug-likeness (QED) is 0.196. The highest BCUT2D eigenvalue weighted by atomic mass is 14.8. The summed E-state index contributed by atoms with van der Waals surface area (Å²) in [5.41, 5.74) is 12.4. The van der Waals surface area contributed by atoms with Crippen molar-refractivity contribution in [2.45, 2.75) is 19.3 Å². The van der Waals surface area contributed by atoms with E-state index < -0.39 is 0 Å². The normalized spacial score (nSPS) is 13.3. The Balaban J connectivity index is 1.46. The van der Waals surface area contributed by atoms with Crippen LogP contribution in [0.25, 0.3) is 77.0 Å². The smallest absolute Gasteiger partial charge is 0.116 e. The Bertz CT molecular complexity index is 2450. The van der Waals surface area contributed by atoms with E-state index in [1.807, 2.05) is 12.3 Å². The SMILES string of the molecule is CC1(C)c2ccccc2-c2c(-c3c4ccccc4c(-c4ccncn4)c4ccc(-c5cccc6ccccc56)cc34)cccc21. The van der Waals surface area contributed by atoms with Gasteiger partial charge >= 0.3 is 0 Å². The van der Waals surface area contributed by atoms with E-state index in [9.17, 15) is 0 Å². The third-order valence-electron chi connectivity index (χ3n) is 9.84. The van der Waals surface area contributed by atoms with E-state index in [2.05, 4.69) is 146 Å². The molecule has 0 amide bonds. The van der Waals surface area contributed by atoms with E-state index >= 15 is 0 Å².